The lowest BCUT2D eigenvalue weighted by Crippen LogP contribution is -2.48. The molecule has 0 saturated carbocycles. The first-order valence-electron chi connectivity index (χ1n) is 11.0. The van der Waals surface area contributed by atoms with Gasteiger partial charge in [0, 0.05) is 56.6 Å². The summed E-state index contributed by atoms with van der Waals surface area (Å²) in [5.41, 5.74) is 4.12. The van der Waals surface area contributed by atoms with Crippen LogP contribution in [0, 0.1) is 6.92 Å². The molecule has 6 nitrogen and oxygen atoms in total. The minimum atomic E-state index is 0.0953. The zero-order valence-electron chi connectivity index (χ0n) is 18.6. The molecule has 32 heavy (non-hydrogen) atoms. The van der Waals surface area contributed by atoms with Crippen molar-refractivity contribution in [2.24, 2.45) is 0 Å². The van der Waals surface area contributed by atoms with E-state index in [1.165, 1.54) is 5.56 Å². The van der Waals surface area contributed by atoms with Crippen LogP contribution < -0.4 is 4.74 Å². The lowest BCUT2D eigenvalue weighted by Gasteiger charge is -2.34. The first-order chi connectivity index (χ1) is 15.5. The van der Waals surface area contributed by atoms with Gasteiger partial charge in [0.1, 0.15) is 12.4 Å². The van der Waals surface area contributed by atoms with Crippen molar-refractivity contribution in [2.45, 2.75) is 33.5 Å². The molecule has 1 aliphatic rings. The number of para-hydroxylation sites is 1. The van der Waals surface area contributed by atoms with Crippen LogP contribution in [0.25, 0.3) is 0 Å². The number of hydrogen-bond acceptors (Lipinski definition) is 4. The van der Waals surface area contributed by atoms with Crippen LogP contribution >= 0.6 is 15.9 Å². The fourth-order valence-corrected chi connectivity index (χ4v) is 4.27. The Morgan fingerprint density at radius 2 is 1.78 bits per heavy atom. The van der Waals surface area contributed by atoms with Gasteiger partial charge in [-0.2, -0.15) is 5.10 Å². The maximum atomic E-state index is 13.0. The van der Waals surface area contributed by atoms with Gasteiger partial charge in [0.15, 0.2) is 0 Å². The van der Waals surface area contributed by atoms with Crippen LogP contribution in [-0.2, 0) is 19.7 Å². The van der Waals surface area contributed by atoms with E-state index in [9.17, 15) is 4.79 Å². The van der Waals surface area contributed by atoms with E-state index in [2.05, 4.69) is 46.0 Å². The van der Waals surface area contributed by atoms with Crippen molar-refractivity contribution in [1.29, 1.82) is 0 Å². The highest BCUT2D eigenvalue weighted by atomic mass is 79.9. The normalized spacial score (nSPS) is 14.5. The smallest absolute Gasteiger partial charge is 0.253 e. The van der Waals surface area contributed by atoms with Crippen molar-refractivity contribution in [2.75, 3.05) is 26.2 Å². The highest BCUT2D eigenvalue weighted by Crippen LogP contribution is 2.24. The zero-order valence-corrected chi connectivity index (χ0v) is 20.2. The van der Waals surface area contributed by atoms with E-state index < -0.39 is 0 Å². The van der Waals surface area contributed by atoms with Gasteiger partial charge in [0.25, 0.3) is 5.91 Å². The number of ether oxygens (including phenoxy) is 1. The number of carbonyl (C=O) groups is 1. The summed E-state index contributed by atoms with van der Waals surface area (Å²) in [7, 11) is 0. The molecule has 1 amide bonds. The van der Waals surface area contributed by atoms with Crippen molar-refractivity contribution in [3.8, 4) is 5.75 Å². The molecule has 2 aromatic carbocycles. The number of amides is 1. The van der Waals surface area contributed by atoms with Gasteiger partial charge in [0.2, 0.25) is 0 Å². The first-order valence-corrected chi connectivity index (χ1v) is 11.8. The van der Waals surface area contributed by atoms with Crippen LogP contribution in [-0.4, -0.2) is 51.7 Å². The molecule has 1 fully saturated rings. The van der Waals surface area contributed by atoms with Gasteiger partial charge in [-0.05, 0) is 59.6 Å². The quantitative estimate of drug-likeness (QED) is 0.482. The van der Waals surface area contributed by atoms with Crippen molar-refractivity contribution < 1.29 is 9.53 Å². The van der Waals surface area contributed by atoms with E-state index in [1.54, 1.807) is 0 Å². The highest BCUT2D eigenvalue weighted by Gasteiger charge is 2.23. The second-order valence-electron chi connectivity index (χ2n) is 8.08. The summed E-state index contributed by atoms with van der Waals surface area (Å²) < 4.78 is 8.78. The average molecular weight is 497 g/mol. The average Bonchev–Trinajstić information content (AvgIpc) is 3.18. The Labute approximate surface area is 197 Å². The lowest BCUT2D eigenvalue weighted by molar-refractivity contribution is 0.0628. The van der Waals surface area contributed by atoms with Gasteiger partial charge in [-0.1, -0.05) is 24.3 Å². The number of halogens is 1. The van der Waals surface area contributed by atoms with E-state index in [4.69, 9.17) is 4.74 Å². The molecule has 1 aliphatic heterocycles. The molecule has 0 unspecified atom stereocenters. The molecule has 7 heteroatoms. The number of nitrogens with zero attached hydrogens (tertiary/aromatic N) is 4. The second-order valence-corrected chi connectivity index (χ2v) is 8.93. The number of aryl methyl sites for hydroxylation is 2. The molecule has 0 bridgehead atoms. The third-order valence-electron chi connectivity index (χ3n) is 5.86. The predicted molar refractivity (Wildman–Crippen MR) is 129 cm³/mol. The standard InChI is InChI=1S/C25H29BrN4O2/c1-3-30-17-22(19(2)27-30)16-28-12-14-29(15-13-28)25(31)21-10-8-20(9-11-21)18-32-24-7-5-4-6-23(24)26/h4-11,17H,3,12-16,18H2,1-2H3. The fraction of sp³-hybridized carbons (Fsp3) is 0.360. The Bertz CT molecular complexity index is 1060. The van der Waals surface area contributed by atoms with Crippen LogP contribution in [0.15, 0.2) is 59.2 Å². The number of aromatic nitrogens is 2. The van der Waals surface area contributed by atoms with E-state index in [0.29, 0.717) is 6.61 Å². The number of benzene rings is 2. The minimum absolute atomic E-state index is 0.0953. The van der Waals surface area contributed by atoms with Crippen molar-refractivity contribution in [3.63, 3.8) is 0 Å². The van der Waals surface area contributed by atoms with Gasteiger partial charge in [-0.25, -0.2) is 0 Å². The van der Waals surface area contributed by atoms with Gasteiger partial charge < -0.3 is 9.64 Å². The van der Waals surface area contributed by atoms with Crippen LogP contribution in [0.5, 0.6) is 5.75 Å². The Hall–Kier alpha value is -2.64. The summed E-state index contributed by atoms with van der Waals surface area (Å²) >= 11 is 3.49. The van der Waals surface area contributed by atoms with Gasteiger partial charge in [-0.15, -0.1) is 0 Å². The molecular weight excluding hydrogens is 468 g/mol. The molecule has 0 aliphatic carbocycles. The number of hydrogen-bond donors (Lipinski definition) is 0. The molecule has 0 spiro atoms. The van der Waals surface area contributed by atoms with Gasteiger partial charge >= 0.3 is 0 Å². The Balaban J connectivity index is 1.28. The largest absolute Gasteiger partial charge is 0.488 e. The molecule has 0 radical (unpaired) electrons. The van der Waals surface area contributed by atoms with Crippen LogP contribution in [0.2, 0.25) is 0 Å². The number of piperazine rings is 1. The van der Waals surface area contributed by atoms with E-state index in [0.717, 1.165) is 66.3 Å². The zero-order chi connectivity index (χ0) is 22.5. The van der Waals surface area contributed by atoms with E-state index >= 15 is 0 Å². The SMILES string of the molecule is CCn1cc(CN2CCN(C(=O)c3ccc(COc4ccccc4Br)cc3)CC2)c(C)n1. The van der Waals surface area contributed by atoms with Crippen LogP contribution in [0.1, 0.15) is 34.1 Å². The van der Waals surface area contributed by atoms with E-state index in [1.807, 2.05) is 58.1 Å². The fourth-order valence-electron chi connectivity index (χ4n) is 3.88. The maximum Gasteiger partial charge on any atom is 0.253 e. The van der Waals surface area contributed by atoms with Crippen molar-refractivity contribution >= 4 is 21.8 Å². The molecule has 0 atom stereocenters. The molecule has 1 saturated heterocycles. The molecule has 1 aromatic heterocycles. The van der Waals surface area contributed by atoms with Gasteiger partial charge in [0.05, 0.1) is 10.2 Å². The van der Waals surface area contributed by atoms with Crippen LogP contribution in [0.4, 0.5) is 0 Å². The summed E-state index contributed by atoms with van der Waals surface area (Å²) in [5.74, 6) is 0.903. The Morgan fingerprint density at radius 3 is 2.44 bits per heavy atom. The lowest BCUT2D eigenvalue weighted by atomic mass is 10.1. The molecule has 3 aromatic rings. The van der Waals surface area contributed by atoms with Gasteiger partial charge in [-0.3, -0.25) is 14.4 Å². The minimum Gasteiger partial charge on any atom is -0.488 e. The van der Waals surface area contributed by atoms with Crippen LogP contribution in [0.3, 0.4) is 0 Å². The summed E-state index contributed by atoms with van der Waals surface area (Å²) in [4.78, 5) is 17.3. The summed E-state index contributed by atoms with van der Waals surface area (Å²) in [5, 5.41) is 4.53. The molecule has 4 rings (SSSR count). The topological polar surface area (TPSA) is 50.6 Å². The molecule has 2 heterocycles. The Kier molecular flexibility index (Phi) is 7.27. The van der Waals surface area contributed by atoms with Crippen molar-refractivity contribution in [1.82, 2.24) is 19.6 Å². The molecule has 168 valence electrons. The first kappa shape index (κ1) is 22.6. The summed E-state index contributed by atoms with van der Waals surface area (Å²) in [6.07, 6.45) is 2.13. The highest BCUT2D eigenvalue weighted by molar-refractivity contribution is 9.10. The maximum absolute atomic E-state index is 13.0. The number of carbonyl (C=O) groups excluding carboxylic acids is 1. The Morgan fingerprint density at radius 1 is 1.06 bits per heavy atom. The van der Waals surface area contributed by atoms with Crippen molar-refractivity contribution in [3.05, 3.63) is 81.6 Å². The third kappa shape index (κ3) is 5.40. The second kappa shape index (κ2) is 10.3. The third-order valence-corrected chi connectivity index (χ3v) is 6.51. The monoisotopic (exact) mass is 496 g/mol. The summed E-state index contributed by atoms with van der Waals surface area (Å²) in [6, 6.07) is 15.5. The summed E-state index contributed by atoms with van der Waals surface area (Å²) in [6.45, 7) is 9.64. The molecular formula is C25H29BrN4O2. The van der Waals surface area contributed by atoms with E-state index in [-0.39, 0.29) is 5.91 Å². The number of rotatable bonds is 7. The molecule has 0 N–H and O–H groups in total. The predicted octanol–water partition coefficient (Wildman–Crippen LogP) is 4.51.